The molecule has 0 amide bonds. The lowest BCUT2D eigenvalue weighted by Gasteiger charge is -2.34. The Bertz CT molecular complexity index is 370. The maximum absolute atomic E-state index is 6.01. The predicted octanol–water partition coefficient (Wildman–Crippen LogP) is 4.65. The van der Waals surface area contributed by atoms with Crippen molar-refractivity contribution >= 4 is 0 Å². The lowest BCUT2D eigenvalue weighted by molar-refractivity contribution is 0.164. The first-order chi connectivity index (χ1) is 10.3. The molecule has 1 N–H and O–H groups in total. The highest BCUT2D eigenvalue weighted by Crippen LogP contribution is 2.32. The zero-order chi connectivity index (χ0) is 14.9. The van der Waals surface area contributed by atoms with Crippen LogP contribution >= 0.6 is 0 Å². The van der Waals surface area contributed by atoms with E-state index in [1.54, 1.807) is 0 Å². The van der Waals surface area contributed by atoms with E-state index in [4.69, 9.17) is 4.74 Å². The average molecular weight is 289 g/mol. The molecule has 0 saturated heterocycles. The molecule has 1 aliphatic rings. The van der Waals surface area contributed by atoms with E-state index in [0.717, 1.165) is 30.7 Å². The van der Waals surface area contributed by atoms with Crippen molar-refractivity contribution < 1.29 is 4.74 Å². The Hall–Kier alpha value is -1.02. The topological polar surface area (TPSA) is 21.3 Å². The van der Waals surface area contributed by atoms with Crippen LogP contribution in [0.25, 0.3) is 0 Å². The Balaban J connectivity index is 1.85. The molecule has 118 valence electrons. The van der Waals surface area contributed by atoms with Crippen molar-refractivity contribution in [3.8, 4) is 5.75 Å². The number of hydrogen-bond donors (Lipinski definition) is 1. The summed E-state index contributed by atoms with van der Waals surface area (Å²) in [6, 6.07) is 10.7. The molecule has 2 nitrogen and oxygen atoms in total. The van der Waals surface area contributed by atoms with Gasteiger partial charge >= 0.3 is 0 Å². The molecule has 1 atom stereocenters. The van der Waals surface area contributed by atoms with Gasteiger partial charge in [0.1, 0.15) is 12.4 Å². The second-order valence-corrected chi connectivity index (χ2v) is 6.37. The summed E-state index contributed by atoms with van der Waals surface area (Å²) in [5.74, 6) is 2.73. The molecule has 1 unspecified atom stereocenters. The maximum atomic E-state index is 6.01. The van der Waals surface area contributed by atoms with Crippen molar-refractivity contribution in [2.75, 3.05) is 13.2 Å². The lowest BCUT2D eigenvalue weighted by atomic mass is 9.77. The summed E-state index contributed by atoms with van der Waals surface area (Å²) in [6.07, 6.45) is 8.05. The first-order valence-electron chi connectivity index (χ1n) is 8.74. The summed E-state index contributed by atoms with van der Waals surface area (Å²) in [6.45, 7) is 6.45. The van der Waals surface area contributed by atoms with Gasteiger partial charge < -0.3 is 10.1 Å². The fourth-order valence-electron chi connectivity index (χ4n) is 3.39. The number of ether oxygens (including phenoxy) is 1. The van der Waals surface area contributed by atoms with E-state index < -0.39 is 0 Å². The molecule has 1 aromatic carbocycles. The van der Waals surface area contributed by atoms with Gasteiger partial charge in [-0.2, -0.15) is 0 Å². The van der Waals surface area contributed by atoms with Crippen molar-refractivity contribution in [2.45, 2.75) is 58.4 Å². The SMILES string of the molecule is CCCNC(COc1ccccc1)C1CCC(CC)CC1. The van der Waals surface area contributed by atoms with Gasteiger partial charge in [-0.3, -0.25) is 0 Å². The Labute approximate surface area is 130 Å². The first-order valence-corrected chi connectivity index (χ1v) is 8.74. The Kier molecular flexibility index (Phi) is 7.08. The zero-order valence-electron chi connectivity index (χ0n) is 13.7. The first kappa shape index (κ1) is 16.4. The molecule has 1 fully saturated rings. The van der Waals surface area contributed by atoms with Gasteiger partial charge in [-0.1, -0.05) is 51.3 Å². The standard InChI is InChI=1S/C19H31NO/c1-3-14-20-19(15-21-18-8-6-5-7-9-18)17-12-10-16(4-2)11-13-17/h5-9,16-17,19-20H,3-4,10-15H2,1-2H3. The minimum Gasteiger partial charge on any atom is -0.492 e. The van der Waals surface area contributed by atoms with Gasteiger partial charge in [0, 0.05) is 6.04 Å². The molecule has 2 rings (SSSR count). The van der Waals surface area contributed by atoms with Crippen molar-refractivity contribution in [3.63, 3.8) is 0 Å². The Morgan fingerprint density at radius 2 is 1.81 bits per heavy atom. The molecule has 0 heterocycles. The second-order valence-electron chi connectivity index (χ2n) is 6.37. The van der Waals surface area contributed by atoms with Crippen LogP contribution in [0.15, 0.2) is 30.3 Å². The summed E-state index contributed by atoms with van der Waals surface area (Å²) in [5, 5.41) is 3.72. The third-order valence-corrected chi connectivity index (χ3v) is 4.87. The van der Waals surface area contributed by atoms with E-state index in [9.17, 15) is 0 Å². The summed E-state index contributed by atoms with van der Waals surface area (Å²) in [4.78, 5) is 0. The smallest absolute Gasteiger partial charge is 0.119 e. The second kappa shape index (κ2) is 9.09. The van der Waals surface area contributed by atoms with E-state index in [2.05, 4.69) is 19.2 Å². The van der Waals surface area contributed by atoms with Gasteiger partial charge in [0.25, 0.3) is 0 Å². The van der Waals surface area contributed by atoms with Crippen LogP contribution in [-0.2, 0) is 0 Å². The van der Waals surface area contributed by atoms with Gasteiger partial charge in [0.2, 0.25) is 0 Å². The van der Waals surface area contributed by atoms with Crippen LogP contribution in [0.4, 0.5) is 0 Å². The molecule has 1 aliphatic carbocycles. The van der Waals surface area contributed by atoms with Crippen molar-refractivity contribution in [1.82, 2.24) is 5.32 Å². The Morgan fingerprint density at radius 3 is 2.43 bits per heavy atom. The molecule has 1 aromatic rings. The minimum absolute atomic E-state index is 0.503. The molecule has 0 bridgehead atoms. The molecular formula is C19H31NO. The monoisotopic (exact) mass is 289 g/mol. The van der Waals surface area contributed by atoms with Crippen molar-refractivity contribution in [3.05, 3.63) is 30.3 Å². The molecular weight excluding hydrogens is 258 g/mol. The van der Waals surface area contributed by atoms with E-state index in [-0.39, 0.29) is 0 Å². The molecule has 1 saturated carbocycles. The van der Waals surface area contributed by atoms with E-state index in [0.29, 0.717) is 6.04 Å². The fourth-order valence-corrected chi connectivity index (χ4v) is 3.39. The quantitative estimate of drug-likeness (QED) is 0.752. The molecule has 0 spiro atoms. The summed E-state index contributed by atoms with van der Waals surface area (Å²) in [7, 11) is 0. The minimum atomic E-state index is 0.503. The van der Waals surface area contributed by atoms with Crippen LogP contribution in [0.3, 0.4) is 0 Å². The number of para-hydroxylation sites is 1. The molecule has 0 radical (unpaired) electrons. The number of hydrogen-bond acceptors (Lipinski definition) is 2. The largest absolute Gasteiger partial charge is 0.492 e. The Morgan fingerprint density at radius 1 is 1.10 bits per heavy atom. The van der Waals surface area contributed by atoms with Crippen LogP contribution in [0.1, 0.15) is 52.4 Å². The zero-order valence-corrected chi connectivity index (χ0v) is 13.7. The van der Waals surface area contributed by atoms with E-state index in [1.165, 1.54) is 38.5 Å². The molecule has 0 aliphatic heterocycles. The van der Waals surface area contributed by atoms with Crippen LogP contribution in [0, 0.1) is 11.8 Å². The van der Waals surface area contributed by atoms with E-state index >= 15 is 0 Å². The van der Waals surface area contributed by atoms with Crippen LogP contribution in [0.5, 0.6) is 5.75 Å². The van der Waals surface area contributed by atoms with Crippen LogP contribution in [0.2, 0.25) is 0 Å². The number of benzene rings is 1. The molecule has 0 aromatic heterocycles. The van der Waals surface area contributed by atoms with E-state index in [1.807, 2.05) is 30.3 Å². The molecule has 21 heavy (non-hydrogen) atoms. The predicted molar refractivity (Wildman–Crippen MR) is 89.8 cm³/mol. The summed E-state index contributed by atoms with van der Waals surface area (Å²) >= 11 is 0. The summed E-state index contributed by atoms with van der Waals surface area (Å²) < 4.78 is 6.01. The van der Waals surface area contributed by atoms with Crippen LogP contribution < -0.4 is 10.1 Å². The average Bonchev–Trinajstić information content (AvgIpc) is 2.56. The highest BCUT2D eigenvalue weighted by molar-refractivity contribution is 5.20. The van der Waals surface area contributed by atoms with Crippen LogP contribution in [-0.4, -0.2) is 19.2 Å². The third kappa shape index (κ3) is 5.35. The van der Waals surface area contributed by atoms with Gasteiger partial charge in [-0.05, 0) is 49.8 Å². The van der Waals surface area contributed by atoms with Gasteiger partial charge in [0.05, 0.1) is 0 Å². The third-order valence-electron chi connectivity index (χ3n) is 4.87. The fraction of sp³-hybridized carbons (Fsp3) is 0.684. The van der Waals surface area contributed by atoms with Crippen molar-refractivity contribution in [1.29, 1.82) is 0 Å². The molecule has 2 heteroatoms. The highest BCUT2D eigenvalue weighted by Gasteiger charge is 2.27. The number of nitrogens with one attached hydrogen (secondary N) is 1. The maximum Gasteiger partial charge on any atom is 0.119 e. The number of rotatable bonds is 8. The summed E-state index contributed by atoms with van der Waals surface area (Å²) in [5.41, 5.74) is 0. The highest BCUT2D eigenvalue weighted by atomic mass is 16.5. The van der Waals surface area contributed by atoms with Crippen molar-refractivity contribution in [2.24, 2.45) is 11.8 Å². The van der Waals surface area contributed by atoms with Gasteiger partial charge in [-0.15, -0.1) is 0 Å². The van der Waals surface area contributed by atoms with Gasteiger partial charge in [0.15, 0.2) is 0 Å². The van der Waals surface area contributed by atoms with Gasteiger partial charge in [-0.25, -0.2) is 0 Å². The normalized spacial score (nSPS) is 23.7. The lowest BCUT2D eigenvalue weighted by Crippen LogP contribution is -2.42.